The highest BCUT2D eigenvalue weighted by Crippen LogP contribution is 2.36. The fourth-order valence-electron chi connectivity index (χ4n) is 3.28. The third kappa shape index (κ3) is 3.53. The largest absolute Gasteiger partial charge is 0.299 e. The minimum absolute atomic E-state index is 0.00545. The fourth-order valence-corrected chi connectivity index (χ4v) is 5.16. The van der Waals surface area contributed by atoms with Crippen molar-refractivity contribution < 1.29 is 16.8 Å². The molecule has 1 aromatic carbocycles. The molecule has 1 aromatic heterocycles. The molecule has 0 radical (unpaired) electrons. The van der Waals surface area contributed by atoms with Gasteiger partial charge in [-0.2, -0.15) is 18.0 Å². The van der Waals surface area contributed by atoms with Gasteiger partial charge in [0.05, 0.1) is 23.4 Å². The van der Waals surface area contributed by atoms with E-state index in [1.807, 2.05) is 0 Å². The van der Waals surface area contributed by atoms with Gasteiger partial charge in [0.2, 0.25) is 10.0 Å². The van der Waals surface area contributed by atoms with E-state index >= 15 is 0 Å². The van der Waals surface area contributed by atoms with Gasteiger partial charge in [0, 0.05) is 35.4 Å². The van der Waals surface area contributed by atoms with E-state index in [4.69, 9.17) is 15.9 Å². The van der Waals surface area contributed by atoms with E-state index in [0.29, 0.717) is 29.3 Å². The van der Waals surface area contributed by atoms with Crippen molar-refractivity contribution >= 4 is 40.8 Å². The summed E-state index contributed by atoms with van der Waals surface area (Å²) >= 11 is 0. The van der Waals surface area contributed by atoms with Crippen LogP contribution >= 0.6 is 10.7 Å². The maximum absolute atomic E-state index is 12.1. The van der Waals surface area contributed by atoms with Crippen LogP contribution in [0, 0.1) is 11.3 Å². The molecule has 25 heavy (non-hydrogen) atoms. The number of aromatic nitrogens is 1. The first-order valence-electron chi connectivity index (χ1n) is 7.56. The van der Waals surface area contributed by atoms with Crippen molar-refractivity contribution in [2.75, 3.05) is 19.3 Å². The number of fused-ring (bicyclic) bond motifs is 1. The third-order valence-electron chi connectivity index (χ3n) is 4.49. The molecule has 1 aliphatic heterocycles. The van der Waals surface area contributed by atoms with E-state index < -0.39 is 19.3 Å². The van der Waals surface area contributed by atoms with Crippen molar-refractivity contribution in [3.8, 4) is 6.07 Å². The number of nitriles is 1. The number of halogens is 1. The van der Waals surface area contributed by atoms with E-state index in [0.717, 1.165) is 11.8 Å². The van der Waals surface area contributed by atoms with Crippen LogP contribution in [0.25, 0.3) is 10.9 Å². The zero-order chi connectivity index (χ0) is 18.4. The molecule has 2 aromatic rings. The lowest BCUT2D eigenvalue weighted by Gasteiger charge is -2.29. The van der Waals surface area contributed by atoms with Gasteiger partial charge in [-0.15, -0.1) is 0 Å². The van der Waals surface area contributed by atoms with Gasteiger partial charge in [-0.1, -0.05) is 0 Å². The van der Waals surface area contributed by atoms with Gasteiger partial charge in [-0.3, -0.25) is 0 Å². The quantitative estimate of drug-likeness (QED) is 0.732. The van der Waals surface area contributed by atoms with E-state index in [2.05, 4.69) is 6.07 Å². The van der Waals surface area contributed by atoms with Gasteiger partial charge in [-0.05, 0) is 42.5 Å². The molecule has 3 rings (SSSR count). The molecule has 0 unspecified atom stereocenters. The molecule has 0 N–H and O–H groups in total. The molecule has 7 nitrogen and oxygen atoms in total. The molecule has 1 saturated heterocycles. The van der Waals surface area contributed by atoms with Crippen molar-refractivity contribution in [2.24, 2.45) is 0 Å². The predicted molar refractivity (Wildman–Crippen MR) is 95.2 cm³/mol. The highest BCUT2D eigenvalue weighted by atomic mass is 35.7. The molecular formula is C15H16ClN3O4S2. The zero-order valence-electron chi connectivity index (χ0n) is 13.4. The van der Waals surface area contributed by atoms with Crippen LogP contribution in [-0.2, 0) is 19.3 Å². The van der Waals surface area contributed by atoms with Crippen molar-refractivity contribution in [1.82, 2.24) is 8.28 Å². The van der Waals surface area contributed by atoms with Crippen LogP contribution in [0.4, 0.5) is 0 Å². The second kappa shape index (κ2) is 6.29. The fraction of sp³-hybridized carbons (Fsp3) is 0.400. The molecule has 0 spiro atoms. The number of piperidine rings is 1. The Bertz CT molecular complexity index is 1080. The Morgan fingerprint density at radius 1 is 1.20 bits per heavy atom. The van der Waals surface area contributed by atoms with Crippen molar-refractivity contribution in [2.45, 2.75) is 18.8 Å². The van der Waals surface area contributed by atoms with Crippen molar-refractivity contribution in [1.29, 1.82) is 5.26 Å². The molecule has 1 fully saturated rings. The molecule has 0 bridgehead atoms. The average Bonchev–Trinajstić information content (AvgIpc) is 2.93. The topological polar surface area (TPSA) is 100 Å². The molecular weight excluding hydrogens is 386 g/mol. The minimum atomic E-state index is -3.74. The minimum Gasteiger partial charge on any atom is -0.245 e. The number of hydrogen-bond acceptors (Lipinski definition) is 5. The monoisotopic (exact) mass is 401 g/mol. The van der Waals surface area contributed by atoms with Crippen LogP contribution in [0.5, 0.6) is 0 Å². The molecule has 10 heteroatoms. The number of nitrogens with zero attached hydrogens (tertiary/aromatic N) is 3. The highest BCUT2D eigenvalue weighted by molar-refractivity contribution is 8.11. The lowest BCUT2D eigenvalue weighted by atomic mass is 9.90. The summed E-state index contributed by atoms with van der Waals surface area (Å²) < 4.78 is 49.4. The van der Waals surface area contributed by atoms with Crippen LogP contribution < -0.4 is 0 Å². The van der Waals surface area contributed by atoms with Gasteiger partial charge in [-0.25, -0.2) is 12.4 Å². The Labute approximate surface area is 151 Å². The smallest absolute Gasteiger partial charge is 0.245 e. The third-order valence-corrected chi connectivity index (χ3v) is 7.07. The van der Waals surface area contributed by atoms with Gasteiger partial charge in [0.1, 0.15) is 0 Å². The second-order valence-electron chi connectivity index (χ2n) is 6.10. The first-order valence-corrected chi connectivity index (χ1v) is 11.7. The van der Waals surface area contributed by atoms with Gasteiger partial charge >= 0.3 is 0 Å². The van der Waals surface area contributed by atoms with Gasteiger partial charge in [0.15, 0.2) is 0 Å². The van der Waals surface area contributed by atoms with Crippen LogP contribution in [-0.4, -0.2) is 44.5 Å². The number of benzene rings is 1. The lowest BCUT2D eigenvalue weighted by molar-refractivity contribution is 0.325. The summed E-state index contributed by atoms with van der Waals surface area (Å²) in [5.74, 6) is -0.00545. The van der Waals surface area contributed by atoms with E-state index in [1.165, 1.54) is 8.28 Å². The Balaban J connectivity index is 2.06. The SMILES string of the molecule is CS(=O)(=O)n1cc(C2CCN(S(=O)(=O)Cl)CC2)c2cc(C#N)ccc21. The Kier molecular flexibility index (Phi) is 4.58. The normalized spacial score (nSPS) is 17.6. The summed E-state index contributed by atoms with van der Waals surface area (Å²) in [4.78, 5) is 0. The first kappa shape index (κ1) is 18.2. The molecule has 134 valence electrons. The Morgan fingerprint density at radius 2 is 1.84 bits per heavy atom. The predicted octanol–water partition coefficient (Wildman–Crippen LogP) is 1.98. The summed E-state index contributed by atoms with van der Waals surface area (Å²) in [6, 6.07) is 6.94. The molecule has 0 atom stereocenters. The van der Waals surface area contributed by atoms with E-state index in [-0.39, 0.29) is 19.0 Å². The molecule has 0 saturated carbocycles. The van der Waals surface area contributed by atoms with E-state index in [1.54, 1.807) is 24.4 Å². The summed E-state index contributed by atoms with van der Waals surface area (Å²) in [7, 11) is -1.85. The standard InChI is InChI=1S/C15H16ClN3O4S2/c1-24(20,21)19-10-14(13-8-11(9-17)2-3-15(13)19)12-4-6-18(7-5-12)25(16,22)23/h2-3,8,10,12H,4-7H2,1H3. The first-order chi connectivity index (χ1) is 11.6. The van der Waals surface area contributed by atoms with Crippen molar-refractivity contribution in [3.05, 3.63) is 35.5 Å². The van der Waals surface area contributed by atoms with Crippen LogP contribution in [0.3, 0.4) is 0 Å². The maximum Gasteiger partial charge on any atom is 0.299 e. The molecule has 1 aliphatic rings. The molecule has 0 amide bonds. The Hall–Kier alpha value is -1.60. The van der Waals surface area contributed by atoms with E-state index in [9.17, 15) is 16.8 Å². The summed E-state index contributed by atoms with van der Waals surface area (Å²) in [5, 5.41) is 9.83. The Morgan fingerprint density at radius 3 is 2.36 bits per heavy atom. The van der Waals surface area contributed by atoms with Crippen LogP contribution in [0.2, 0.25) is 0 Å². The average molecular weight is 402 g/mol. The number of rotatable bonds is 3. The second-order valence-corrected chi connectivity index (χ2v) is 10.5. The lowest BCUT2D eigenvalue weighted by Crippen LogP contribution is -2.35. The summed E-state index contributed by atoms with van der Waals surface area (Å²) in [6.45, 7) is 0.556. The maximum atomic E-state index is 12.1. The zero-order valence-corrected chi connectivity index (χ0v) is 15.8. The molecule has 0 aliphatic carbocycles. The summed E-state index contributed by atoms with van der Waals surface area (Å²) in [5.41, 5.74) is 1.77. The van der Waals surface area contributed by atoms with Crippen LogP contribution in [0.15, 0.2) is 24.4 Å². The van der Waals surface area contributed by atoms with Crippen LogP contribution in [0.1, 0.15) is 29.9 Å². The molecule has 2 heterocycles. The van der Waals surface area contributed by atoms with Gasteiger partial charge in [0.25, 0.3) is 9.24 Å². The summed E-state index contributed by atoms with van der Waals surface area (Å²) in [6.07, 6.45) is 3.77. The van der Waals surface area contributed by atoms with Crippen molar-refractivity contribution in [3.63, 3.8) is 0 Å². The highest BCUT2D eigenvalue weighted by Gasteiger charge is 2.29. The van der Waals surface area contributed by atoms with Gasteiger partial charge < -0.3 is 0 Å². The number of hydrogen-bond donors (Lipinski definition) is 0.